The maximum absolute atomic E-state index is 12.2. The number of nitrogens with zero attached hydrogens (tertiary/aromatic N) is 2. The molecule has 0 bridgehead atoms. The zero-order chi connectivity index (χ0) is 9.14. The number of aromatic nitrogens is 1. The quantitative estimate of drug-likeness (QED) is 0.585. The fourth-order valence-electron chi connectivity index (χ4n) is 0.711. The molecule has 1 aromatic rings. The number of halogens is 3. The van der Waals surface area contributed by atoms with Crippen molar-refractivity contribution in [2.75, 3.05) is 0 Å². The SMILES string of the molecule is N#Cc1cc(I)ncc1C(F)F. The molecular weight excluding hydrogens is 277 g/mol. The summed E-state index contributed by atoms with van der Waals surface area (Å²) in [5.41, 5.74) is -0.317. The lowest BCUT2D eigenvalue weighted by Gasteiger charge is -2.00. The summed E-state index contributed by atoms with van der Waals surface area (Å²) < 4.78 is 24.8. The van der Waals surface area contributed by atoms with Gasteiger partial charge in [-0.1, -0.05) is 0 Å². The fraction of sp³-hybridized carbons (Fsp3) is 0.143. The van der Waals surface area contributed by atoms with E-state index in [-0.39, 0.29) is 11.1 Å². The van der Waals surface area contributed by atoms with Gasteiger partial charge in [-0.15, -0.1) is 0 Å². The highest BCUT2D eigenvalue weighted by atomic mass is 127. The molecule has 0 amide bonds. The van der Waals surface area contributed by atoms with Crippen molar-refractivity contribution in [2.45, 2.75) is 6.43 Å². The first-order chi connectivity index (χ1) is 5.65. The van der Waals surface area contributed by atoms with Gasteiger partial charge in [0.2, 0.25) is 0 Å². The first-order valence-corrected chi connectivity index (χ1v) is 4.06. The molecule has 0 aliphatic carbocycles. The third-order valence-electron chi connectivity index (χ3n) is 1.26. The summed E-state index contributed by atoms with van der Waals surface area (Å²) in [5.74, 6) is 0. The number of hydrogen-bond donors (Lipinski definition) is 0. The molecule has 1 aromatic heterocycles. The van der Waals surface area contributed by atoms with Crippen LogP contribution in [-0.4, -0.2) is 4.98 Å². The standard InChI is InChI=1S/C7H3F2IN2/c8-7(9)5-3-12-6(10)1-4(5)2-11/h1,3,7H. The lowest BCUT2D eigenvalue weighted by molar-refractivity contribution is 0.150. The van der Waals surface area contributed by atoms with Crippen molar-refractivity contribution in [1.29, 1.82) is 5.26 Å². The highest BCUT2D eigenvalue weighted by Gasteiger charge is 2.13. The van der Waals surface area contributed by atoms with Gasteiger partial charge in [-0.25, -0.2) is 13.8 Å². The average molecular weight is 280 g/mol. The minimum absolute atomic E-state index is 0.00981. The van der Waals surface area contributed by atoms with Crippen LogP contribution in [0.2, 0.25) is 0 Å². The predicted octanol–water partition coefficient (Wildman–Crippen LogP) is 2.50. The molecule has 5 heteroatoms. The Balaban J connectivity index is 3.23. The molecule has 0 aliphatic rings. The van der Waals surface area contributed by atoms with Gasteiger partial charge in [-0.3, -0.25) is 0 Å². The van der Waals surface area contributed by atoms with Crippen LogP contribution < -0.4 is 0 Å². The predicted molar refractivity (Wildman–Crippen MR) is 46.6 cm³/mol. The first kappa shape index (κ1) is 9.32. The van der Waals surface area contributed by atoms with E-state index in [2.05, 4.69) is 4.98 Å². The molecule has 2 nitrogen and oxygen atoms in total. The number of nitriles is 1. The summed E-state index contributed by atoms with van der Waals surface area (Å²) in [4.78, 5) is 3.66. The van der Waals surface area contributed by atoms with Crippen LogP contribution in [0.4, 0.5) is 8.78 Å². The molecule has 1 rings (SSSR count). The van der Waals surface area contributed by atoms with Crippen molar-refractivity contribution in [1.82, 2.24) is 4.98 Å². The second kappa shape index (κ2) is 3.76. The largest absolute Gasteiger partial charge is 0.266 e. The summed E-state index contributed by atoms with van der Waals surface area (Å²) in [6, 6.07) is 3.03. The molecule has 0 atom stereocenters. The van der Waals surface area contributed by atoms with Crippen molar-refractivity contribution in [3.63, 3.8) is 0 Å². The Labute approximate surface area is 81.4 Å². The van der Waals surface area contributed by atoms with Crippen LogP contribution in [0.15, 0.2) is 12.3 Å². The number of pyridine rings is 1. The third kappa shape index (κ3) is 1.88. The van der Waals surface area contributed by atoms with Crippen molar-refractivity contribution in [3.05, 3.63) is 27.1 Å². The summed E-state index contributed by atoms with van der Waals surface area (Å²) in [5, 5.41) is 8.48. The molecule has 0 aromatic carbocycles. The van der Waals surface area contributed by atoms with Crippen molar-refractivity contribution in [3.8, 4) is 6.07 Å². The molecule has 0 saturated carbocycles. The Hall–Kier alpha value is -0.770. The van der Waals surface area contributed by atoms with Crippen molar-refractivity contribution in [2.24, 2.45) is 0 Å². The van der Waals surface area contributed by atoms with E-state index in [1.807, 2.05) is 22.6 Å². The summed E-state index contributed by atoms with van der Waals surface area (Å²) in [7, 11) is 0. The van der Waals surface area contributed by atoms with Gasteiger partial charge < -0.3 is 0 Å². The molecule has 0 N–H and O–H groups in total. The van der Waals surface area contributed by atoms with Gasteiger partial charge in [0.15, 0.2) is 0 Å². The lowest BCUT2D eigenvalue weighted by Crippen LogP contribution is -1.93. The van der Waals surface area contributed by atoms with E-state index in [0.29, 0.717) is 3.70 Å². The molecule has 0 spiro atoms. The third-order valence-corrected chi connectivity index (χ3v) is 1.85. The van der Waals surface area contributed by atoms with E-state index in [1.165, 1.54) is 6.07 Å². The van der Waals surface area contributed by atoms with Crippen molar-refractivity contribution >= 4 is 22.6 Å². The van der Waals surface area contributed by atoms with E-state index in [1.54, 1.807) is 6.07 Å². The normalized spacial score (nSPS) is 9.92. The smallest absolute Gasteiger partial charge is 0.250 e. The summed E-state index contributed by atoms with van der Waals surface area (Å²) >= 11 is 1.86. The average Bonchev–Trinajstić information content (AvgIpc) is 2.03. The molecule has 62 valence electrons. The first-order valence-electron chi connectivity index (χ1n) is 2.99. The molecule has 0 aliphatic heterocycles. The topological polar surface area (TPSA) is 36.7 Å². The minimum Gasteiger partial charge on any atom is -0.250 e. The van der Waals surface area contributed by atoms with Gasteiger partial charge in [0.05, 0.1) is 17.2 Å². The number of alkyl halides is 2. The van der Waals surface area contributed by atoms with Gasteiger partial charge in [0.1, 0.15) is 3.70 Å². The Morgan fingerprint density at radius 2 is 2.25 bits per heavy atom. The van der Waals surface area contributed by atoms with Gasteiger partial charge in [0.25, 0.3) is 6.43 Å². The minimum atomic E-state index is -2.64. The molecule has 0 radical (unpaired) electrons. The van der Waals surface area contributed by atoms with E-state index in [0.717, 1.165) is 6.20 Å². The van der Waals surface area contributed by atoms with Crippen LogP contribution in [-0.2, 0) is 0 Å². The van der Waals surface area contributed by atoms with Crippen LogP contribution in [0.25, 0.3) is 0 Å². The zero-order valence-electron chi connectivity index (χ0n) is 5.76. The van der Waals surface area contributed by atoms with Crippen LogP contribution in [0, 0.1) is 15.0 Å². The van der Waals surface area contributed by atoms with Crippen LogP contribution >= 0.6 is 22.6 Å². The van der Waals surface area contributed by atoms with Crippen LogP contribution in [0.1, 0.15) is 17.6 Å². The van der Waals surface area contributed by atoms with Crippen LogP contribution in [0.5, 0.6) is 0 Å². The summed E-state index contributed by atoms with van der Waals surface area (Å²) in [6.07, 6.45) is -1.60. The molecular formula is C7H3F2IN2. The van der Waals surface area contributed by atoms with E-state index in [9.17, 15) is 8.78 Å². The lowest BCUT2D eigenvalue weighted by atomic mass is 10.2. The Bertz CT molecular complexity index is 333. The van der Waals surface area contributed by atoms with E-state index < -0.39 is 6.43 Å². The maximum atomic E-state index is 12.2. The Kier molecular flexibility index (Phi) is 2.92. The molecule has 1 heterocycles. The van der Waals surface area contributed by atoms with E-state index >= 15 is 0 Å². The summed E-state index contributed by atoms with van der Waals surface area (Å²) in [6.45, 7) is 0. The maximum Gasteiger partial charge on any atom is 0.266 e. The Morgan fingerprint density at radius 1 is 1.58 bits per heavy atom. The Morgan fingerprint density at radius 3 is 2.75 bits per heavy atom. The molecule has 12 heavy (non-hydrogen) atoms. The van der Waals surface area contributed by atoms with Crippen LogP contribution in [0.3, 0.4) is 0 Å². The number of rotatable bonds is 1. The van der Waals surface area contributed by atoms with Gasteiger partial charge in [0, 0.05) is 6.20 Å². The second-order valence-corrected chi connectivity index (χ2v) is 3.11. The van der Waals surface area contributed by atoms with Gasteiger partial charge in [-0.05, 0) is 28.7 Å². The molecule has 0 fully saturated rings. The fourth-order valence-corrected chi connectivity index (χ4v) is 1.16. The molecule has 0 saturated heterocycles. The van der Waals surface area contributed by atoms with Crippen molar-refractivity contribution < 1.29 is 8.78 Å². The number of hydrogen-bond acceptors (Lipinski definition) is 2. The van der Waals surface area contributed by atoms with E-state index in [4.69, 9.17) is 5.26 Å². The van der Waals surface area contributed by atoms with Gasteiger partial charge in [-0.2, -0.15) is 5.26 Å². The zero-order valence-corrected chi connectivity index (χ0v) is 7.92. The monoisotopic (exact) mass is 280 g/mol. The highest BCUT2D eigenvalue weighted by molar-refractivity contribution is 14.1. The molecule has 0 unspecified atom stereocenters. The second-order valence-electron chi connectivity index (χ2n) is 2.01. The highest BCUT2D eigenvalue weighted by Crippen LogP contribution is 2.22. The van der Waals surface area contributed by atoms with Gasteiger partial charge >= 0.3 is 0 Å².